The van der Waals surface area contributed by atoms with Crippen LogP contribution in [-0.2, 0) is 25.0 Å². The van der Waals surface area contributed by atoms with Crippen molar-refractivity contribution in [1.29, 1.82) is 0 Å². The number of alkyl halides is 1. The van der Waals surface area contributed by atoms with Crippen LogP contribution in [0.5, 0.6) is 0 Å². The summed E-state index contributed by atoms with van der Waals surface area (Å²) >= 11 is 3.50. The van der Waals surface area contributed by atoms with E-state index < -0.39 is 0 Å². The maximum absolute atomic E-state index is 13.7. The van der Waals surface area contributed by atoms with Gasteiger partial charge in [-0.15, -0.1) is 0 Å². The van der Waals surface area contributed by atoms with E-state index in [0.717, 1.165) is 51.8 Å². The monoisotopic (exact) mass is 516 g/mol. The molecule has 5 aromatic rings. The number of aryl methyl sites for hydroxylation is 1. The van der Waals surface area contributed by atoms with Gasteiger partial charge in [0.25, 0.3) is 0 Å². The van der Waals surface area contributed by atoms with Crippen molar-refractivity contribution in [3.63, 3.8) is 0 Å². The van der Waals surface area contributed by atoms with Crippen LogP contribution in [0.15, 0.2) is 77.6 Å². The van der Waals surface area contributed by atoms with E-state index in [1.54, 1.807) is 0 Å². The highest BCUT2D eigenvalue weighted by Gasteiger charge is 2.17. The molecule has 0 spiro atoms. The lowest BCUT2D eigenvalue weighted by Crippen LogP contribution is -2.26. The SMILES string of the molecule is CC(C)CCn1c(Cn2c(=O)n(Cc3ccc(CBr)cc3)c3ccccc32)nc2ccccc21. The fraction of sp³-hybridized carbons (Fsp3) is 0.286. The van der Waals surface area contributed by atoms with Gasteiger partial charge in [-0.3, -0.25) is 9.13 Å². The third-order valence-electron chi connectivity index (χ3n) is 6.41. The quantitative estimate of drug-likeness (QED) is 0.231. The summed E-state index contributed by atoms with van der Waals surface area (Å²) in [4.78, 5) is 18.6. The molecule has 0 bridgehead atoms. The number of nitrogens with zero attached hydrogens (tertiary/aromatic N) is 4. The minimum absolute atomic E-state index is 0.00627. The van der Waals surface area contributed by atoms with Crippen molar-refractivity contribution in [2.75, 3.05) is 0 Å². The number of benzene rings is 3. The molecule has 34 heavy (non-hydrogen) atoms. The smallest absolute Gasteiger partial charge is 0.326 e. The standard InChI is InChI=1S/C28H29BrN4O/c1-20(2)15-16-31-24-8-4-3-7-23(24)30-27(31)19-33-26-10-6-5-9-25(26)32(28(33)34)18-22-13-11-21(17-29)12-14-22/h3-14,20H,15-19H2,1-2H3. The summed E-state index contributed by atoms with van der Waals surface area (Å²) in [6.07, 6.45) is 1.06. The van der Waals surface area contributed by atoms with Gasteiger partial charge in [-0.05, 0) is 47.7 Å². The molecule has 0 saturated heterocycles. The zero-order chi connectivity index (χ0) is 23.7. The number of halogens is 1. The van der Waals surface area contributed by atoms with Crippen molar-refractivity contribution in [3.8, 4) is 0 Å². The minimum atomic E-state index is -0.00627. The zero-order valence-electron chi connectivity index (χ0n) is 19.6. The molecule has 0 fully saturated rings. The first-order chi connectivity index (χ1) is 16.5. The van der Waals surface area contributed by atoms with E-state index in [1.165, 1.54) is 5.56 Å². The molecule has 0 aliphatic heterocycles. The van der Waals surface area contributed by atoms with Gasteiger partial charge in [-0.25, -0.2) is 9.78 Å². The summed E-state index contributed by atoms with van der Waals surface area (Å²) in [5.41, 5.74) is 6.31. The Morgan fingerprint density at radius 2 is 1.35 bits per heavy atom. The highest BCUT2D eigenvalue weighted by molar-refractivity contribution is 9.08. The van der Waals surface area contributed by atoms with E-state index in [4.69, 9.17) is 4.98 Å². The molecule has 0 atom stereocenters. The lowest BCUT2D eigenvalue weighted by molar-refractivity contribution is 0.507. The first-order valence-electron chi connectivity index (χ1n) is 11.8. The number of hydrogen-bond donors (Lipinski definition) is 0. The molecule has 0 saturated carbocycles. The number of rotatable bonds is 8. The summed E-state index contributed by atoms with van der Waals surface area (Å²) in [6.45, 7) is 6.35. The Balaban J connectivity index is 1.57. The maximum Gasteiger partial charge on any atom is 0.329 e. The van der Waals surface area contributed by atoms with Crippen LogP contribution in [0, 0.1) is 5.92 Å². The second-order valence-electron chi connectivity index (χ2n) is 9.24. The van der Waals surface area contributed by atoms with Crippen molar-refractivity contribution < 1.29 is 0 Å². The molecule has 0 unspecified atom stereocenters. The van der Waals surface area contributed by atoms with Gasteiger partial charge < -0.3 is 4.57 Å². The minimum Gasteiger partial charge on any atom is -0.326 e. The fourth-order valence-electron chi connectivity index (χ4n) is 4.52. The van der Waals surface area contributed by atoms with Gasteiger partial charge >= 0.3 is 5.69 Å². The van der Waals surface area contributed by atoms with E-state index >= 15 is 0 Å². The molecule has 3 aromatic carbocycles. The Kier molecular flexibility index (Phi) is 6.42. The number of hydrogen-bond acceptors (Lipinski definition) is 2. The summed E-state index contributed by atoms with van der Waals surface area (Å²) < 4.78 is 6.03. The van der Waals surface area contributed by atoms with E-state index in [9.17, 15) is 4.79 Å². The molecule has 0 aliphatic rings. The predicted octanol–water partition coefficient (Wildman–Crippen LogP) is 6.19. The van der Waals surface area contributed by atoms with Gasteiger partial charge in [-0.1, -0.05) is 78.3 Å². The second-order valence-corrected chi connectivity index (χ2v) is 9.81. The van der Waals surface area contributed by atoms with Crippen LogP contribution in [-0.4, -0.2) is 18.7 Å². The number of aromatic nitrogens is 4. The average Bonchev–Trinajstić information content (AvgIpc) is 3.33. The Bertz CT molecular complexity index is 1490. The highest BCUT2D eigenvalue weighted by Crippen LogP contribution is 2.21. The molecule has 0 N–H and O–H groups in total. The Hall–Kier alpha value is -3.12. The highest BCUT2D eigenvalue weighted by atomic mass is 79.9. The van der Waals surface area contributed by atoms with Crippen molar-refractivity contribution in [1.82, 2.24) is 18.7 Å². The zero-order valence-corrected chi connectivity index (χ0v) is 21.2. The molecule has 2 aromatic heterocycles. The molecule has 174 valence electrons. The van der Waals surface area contributed by atoms with Crippen molar-refractivity contribution >= 4 is 38.0 Å². The molecule has 5 rings (SSSR count). The van der Waals surface area contributed by atoms with E-state index in [0.29, 0.717) is 19.0 Å². The van der Waals surface area contributed by atoms with E-state index in [-0.39, 0.29) is 5.69 Å². The Morgan fingerprint density at radius 3 is 2.00 bits per heavy atom. The van der Waals surface area contributed by atoms with Gasteiger partial charge in [-0.2, -0.15) is 0 Å². The molecule has 6 heteroatoms. The normalized spacial score (nSPS) is 11.8. The molecule has 0 radical (unpaired) electrons. The van der Waals surface area contributed by atoms with Gasteiger partial charge in [0.15, 0.2) is 0 Å². The first kappa shape index (κ1) is 22.7. The van der Waals surface area contributed by atoms with Crippen LogP contribution in [0.1, 0.15) is 37.2 Å². The van der Waals surface area contributed by atoms with E-state index in [2.05, 4.69) is 70.7 Å². The topological polar surface area (TPSA) is 44.8 Å². The van der Waals surface area contributed by atoms with Crippen LogP contribution in [0.3, 0.4) is 0 Å². The molecule has 2 heterocycles. The maximum atomic E-state index is 13.7. The third kappa shape index (κ3) is 4.34. The first-order valence-corrected chi connectivity index (χ1v) is 12.9. The summed E-state index contributed by atoms with van der Waals surface area (Å²) in [7, 11) is 0. The van der Waals surface area contributed by atoms with Gasteiger partial charge in [0, 0.05) is 11.9 Å². The lowest BCUT2D eigenvalue weighted by Gasteiger charge is -2.11. The Labute approximate surface area is 207 Å². The van der Waals surface area contributed by atoms with Crippen molar-refractivity contribution in [2.45, 2.75) is 45.2 Å². The van der Waals surface area contributed by atoms with Crippen molar-refractivity contribution in [3.05, 3.63) is 100 Å². The van der Waals surface area contributed by atoms with Crippen LogP contribution in [0.4, 0.5) is 0 Å². The van der Waals surface area contributed by atoms with Gasteiger partial charge in [0.2, 0.25) is 0 Å². The molecule has 5 nitrogen and oxygen atoms in total. The second kappa shape index (κ2) is 9.63. The fourth-order valence-corrected chi connectivity index (χ4v) is 4.89. The average molecular weight is 517 g/mol. The number of fused-ring (bicyclic) bond motifs is 2. The molecular formula is C28H29BrN4O. The van der Waals surface area contributed by atoms with Gasteiger partial charge in [0.1, 0.15) is 5.82 Å². The number of imidazole rings is 2. The van der Waals surface area contributed by atoms with Crippen LogP contribution >= 0.6 is 15.9 Å². The van der Waals surface area contributed by atoms with Gasteiger partial charge in [0.05, 0.1) is 35.2 Å². The largest absolute Gasteiger partial charge is 0.329 e. The molecule has 0 amide bonds. The summed E-state index contributed by atoms with van der Waals surface area (Å²) in [5.74, 6) is 1.52. The van der Waals surface area contributed by atoms with Crippen LogP contribution in [0.25, 0.3) is 22.1 Å². The predicted molar refractivity (Wildman–Crippen MR) is 143 cm³/mol. The molecule has 0 aliphatic carbocycles. The molecular weight excluding hydrogens is 488 g/mol. The Morgan fingerprint density at radius 1 is 0.765 bits per heavy atom. The van der Waals surface area contributed by atoms with Crippen LogP contribution in [0.2, 0.25) is 0 Å². The van der Waals surface area contributed by atoms with Crippen LogP contribution < -0.4 is 5.69 Å². The number of para-hydroxylation sites is 4. The summed E-state index contributed by atoms with van der Waals surface area (Å²) in [6, 6.07) is 24.7. The van der Waals surface area contributed by atoms with E-state index in [1.807, 2.05) is 45.5 Å². The third-order valence-corrected chi connectivity index (χ3v) is 7.05. The summed E-state index contributed by atoms with van der Waals surface area (Å²) in [5, 5.41) is 0.824. The van der Waals surface area contributed by atoms with Crippen molar-refractivity contribution in [2.24, 2.45) is 5.92 Å². The lowest BCUT2D eigenvalue weighted by atomic mass is 10.1.